The Morgan fingerprint density at radius 1 is 0.882 bits per heavy atom. The normalized spacial score (nSPS) is 10.6. The Labute approximate surface area is 93.8 Å². The Bertz CT molecular complexity index is 692. The number of thiophene rings is 1. The Balaban J connectivity index is 3.01. The van der Waals surface area contributed by atoms with E-state index in [1.54, 1.807) is 0 Å². The van der Waals surface area contributed by atoms with E-state index < -0.39 is 31.0 Å². The van der Waals surface area contributed by atoms with Crippen molar-refractivity contribution in [2.45, 2.75) is 0 Å². The number of aromatic amines is 2. The van der Waals surface area contributed by atoms with E-state index in [1.165, 1.54) is 0 Å². The van der Waals surface area contributed by atoms with E-state index in [0.717, 1.165) is 0 Å². The average molecular weight is 258 g/mol. The van der Waals surface area contributed by atoms with Gasteiger partial charge in [-0.3, -0.25) is 29.8 Å². The van der Waals surface area contributed by atoms with Crippen molar-refractivity contribution in [3.63, 3.8) is 0 Å². The monoisotopic (exact) mass is 258 g/mol. The lowest BCUT2D eigenvalue weighted by atomic mass is 10.4. The summed E-state index contributed by atoms with van der Waals surface area (Å²) in [6.07, 6.45) is 0. The van der Waals surface area contributed by atoms with Crippen molar-refractivity contribution < 1.29 is 9.85 Å². The molecule has 0 saturated heterocycles. The van der Waals surface area contributed by atoms with Crippen LogP contribution >= 0.6 is 11.3 Å². The third-order valence-corrected chi connectivity index (χ3v) is 2.98. The van der Waals surface area contributed by atoms with E-state index in [9.17, 15) is 29.8 Å². The molecule has 0 unspecified atom stereocenters. The molecule has 0 aliphatic heterocycles. The summed E-state index contributed by atoms with van der Waals surface area (Å²) in [4.78, 5) is 45.4. The number of fused-ring (bicyclic) bond motifs is 1. The van der Waals surface area contributed by atoms with Crippen LogP contribution in [0.2, 0.25) is 0 Å². The van der Waals surface area contributed by atoms with Gasteiger partial charge in [0, 0.05) is 11.3 Å². The van der Waals surface area contributed by atoms with Crippen molar-refractivity contribution in [1.82, 2.24) is 9.97 Å². The molecule has 0 saturated carbocycles. The molecule has 2 aromatic heterocycles. The first-order valence-corrected chi connectivity index (χ1v) is 4.81. The van der Waals surface area contributed by atoms with Gasteiger partial charge in [-0.25, -0.2) is 0 Å². The predicted octanol–water partition coefficient (Wildman–Crippen LogP) is 0.0943. The highest BCUT2D eigenvalue weighted by atomic mass is 32.1. The lowest BCUT2D eigenvalue weighted by molar-refractivity contribution is -0.381. The van der Waals surface area contributed by atoms with E-state index in [2.05, 4.69) is 0 Å². The third kappa shape index (κ3) is 1.57. The first-order chi connectivity index (χ1) is 7.91. The lowest BCUT2D eigenvalue weighted by Gasteiger charge is -1.88. The van der Waals surface area contributed by atoms with Gasteiger partial charge in [-0.05, 0) is 0 Å². The van der Waals surface area contributed by atoms with Gasteiger partial charge in [-0.2, -0.15) is 0 Å². The fourth-order valence-corrected chi connectivity index (χ4v) is 2.08. The predicted molar refractivity (Wildman–Crippen MR) is 56.4 cm³/mol. The maximum atomic E-state index is 11.0. The molecule has 0 aromatic carbocycles. The zero-order chi connectivity index (χ0) is 12.7. The molecule has 2 rings (SSSR count). The van der Waals surface area contributed by atoms with Gasteiger partial charge in [-0.15, -0.1) is 0 Å². The Morgan fingerprint density at radius 2 is 1.24 bits per heavy atom. The second-order valence-electron chi connectivity index (χ2n) is 2.88. The van der Waals surface area contributed by atoms with Gasteiger partial charge in [0.2, 0.25) is 0 Å². The van der Waals surface area contributed by atoms with Crippen LogP contribution in [0.1, 0.15) is 0 Å². The van der Waals surface area contributed by atoms with Crippen LogP contribution in [-0.2, 0) is 0 Å². The molecular formula is C6H2N4O6S. The summed E-state index contributed by atoms with van der Waals surface area (Å²) in [5, 5.41) is 20.1. The summed E-state index contributed by atoms with van der Waals surface area (Å²) in [6.45, 7) is 0. The third-order valence-electron chi connectivity index (χ3n) is 1.89. The van der Waals surface area contributed by atoms with Crippen LogP contribution in [0.3, 0.4) is 0 Å². The highest BCUT2D eigenvalue weighted by molar-refractivity contribution is 7.20. The van der Waals surface area contributed by atoms with Crippen molar-refractivity contribution in [2.75, 3.05) is 0 Å². The SMILES string of the molecule is O=c1[nH]c2c([N+](=O)[O-])sc([N+](=O)[O-])c2[nH]c1=O. The van der Waals surface area contributed by atoms with Gasteiger partial charge in [0.15, 0.2) is 11.0 Å². The van der Waals surface area contributed by atoms with Crippen molar-refractivity contribution in [3.05, 3.63) is 40.9 Å². The molecule has 0 bridgehead atoms. The molecule has 17 heavy (non-hydrogen) atoms. The van der Waals surface area contributed by atoms with Gasteiger partial charge in [0.1, 0.15) is 0 Å². The minimum Gasteiger partial charge on any atom is -0.309 e. The summed E-state index contributed by atoms with van der Waals surface area (Å²) in [7, 11) is 0. The standard InChI is InChI=1S/C6H2N4O6S/c11-3-4(12)8-2-1(7-3)5(9(13)14)17-6(2)10(15)16/h(H,7,11)(H,8,12). The topological polar surface area (TPSA) is 152 Å². The molecule has 0 fully saturated rings. The van der Waals surface area contributed by atoms with Crippen molar-refractivity contribution in [3.8, 4) is 0 Å². The number of H-pyrrole nitrogens is 2. The number of nitrogens with one attached hydrogen (secondary N) is 2. The van der Waals surface area contributed by atoms with Gasteiger partial charge in [0.05, 0.1) is 9.85 Å². The maximum absolute atomic E-state index is 11.0. The summed E-state index contributed by atoms with van der Waals surface area (Å²) in [6, 6.07) is 0. The van der Waals surface area contributed by atoms with Crippen LogP contribution < -0.4 is 11.1 Å². The second-order valence-corrected chi connectivity index (χ2v) is 3.86. The molecule has 2 N–H and O–H groups in total. The average Bonchev–Trinajstić information content (AvgIpc) is 2.57. The number of rotatable bonds is 2. The maximum Gasteiger partial charge on any atom is 0.356 e. The van der Waals surface area contributed by atoms with Gasteiger partial charge in [0.25, 0.3) is 0 Å². The lowest BCUT2D eigenvalue weighted by Crippen LogP contribution is -2.28. The number of nitro groups is 2. The zero-order valence-electron chi connectivity index (χ0n) is 7.75. The summed E-state index contributed by atoms with van der Waals surface area (Å²) < 4.78 is 0. The molecule has 11 heteroatoms. The first-order valence-electron chi connectivity index (χ1n) is 3.99. The first kappa shape index (κ1) is 10.9. The second kappa shape index (κ2) is 3.48. The number of aromatic nitrogens is 2. The molecule has 10 nitrogen and oxygen atoms in total. The molecule has 0 radical (unpaired) electrons. The summed E-state index contributed by atoms with van der Waals surface area (Å²) >= 11 is 0.268. The Morgan fingerprint density at radius 3 is 1.53 bits per heavy atom. The van der Waals surface area contributed by atoms with Crippen molar-refractivity contribution in [1.29, 1.82) is 0 Å². The minimum absolute atomic E-state index is 0.268. The number of hydrogen-bond donors (Lipinski definition) is 2. The van der Waals surface area contributed by atoms with Gasteiger partial charge in [-0.1, -0.05) is 0 Å². The molecular weight excluding hydrogens is 256 g/mol. The van der Waals surface area contributed by atoms with E-state index in [4.69, 9.17) is 0 Å². The minimum atomic E-state index is -1.10. The molecule has 0 atom stereocenters. The molecule has 0 spiro atoms. The van der Waals surface area contributed by atoms with Crippen LogP contribution in [0.5, 0.6) is 0 Å². The number of nitrogens with zero attached hydrogens (tertiary/aromatic N) is 2. The van der Waals surface area contributed by atoms with E-state index >= 15 is 0 Å². The summed E-state index contributed by atoms with van der Waals surface area (Å²) in [5.41, 5.74) is -2.91. The molecule has 2 heterocycles. The number of hydrogen-bond acceptors (Lipinski definition) is 7. The quantitative estimate of drug-likeness (QED) is 0.442. The van der Waals surface area contributed by atoms with Crippen LogP contribution in [0, 0.1) is 20.2 Å². The van der Waals surface area contributed by atoms with Gasteiger partial charge < -0.3 is 9.97 Å². The fourth-order valence-electron chi connectivity index (χ4n) is 1.24. The van der Waals surface area contributed by atoms with E-state index in [1.807, 2.05) is 9.97 Å². The molecule has 0 amide bonds. The Hall–Kier alpha value is -2.56. The van der Waals surface area contributed by atoms with Crippen LogP contribution in [0.4, 0.5) is 10.0 Å². The molecule has 0 aliphatic rings. The van der Waals surface area contributed by atoms with Crippen LogP contribution in [0.25, 0.3) is 11.0 Å². The smallest absolute Gasteiger partial charge is 0.309 e. The highest BCUT2D eigenvalue weighted by Crippen LogP contribution is 2.38. The molecule has 2 aromatic rings. The van der Waals surface area contributed by atoms with Gasteiger partial charge >= 0.3 is 21.1 Å². The largest absolute Gasteiger partial charge is 0.356 e. The molecule has 88 valence electrons. The molecule has 0 aliphatic carbocycles. The Kier molecular flexibility index (Phi) is 2.24. The van der Waals surface area contributed by atoms with E-state index in [0.29, 0.717) is 0 Å². The fraction of sp³-hybridized carbons (Fsp3) is 0. The van der Waals surface area contributed by atoms with Crippen molar-refractivity contribution >= 4 is 32.4 Å². The van der Waals surface area contributed by atoms with E-state index in [-0.39, 0.29) is 22.4 Å². The van der Waals surface area contributed by atoms with Crippen LogP contribution in [-0.4, -0.2) is 19.8 Å². The van der Waals surface area contributed by atoms with Crippen molar-refractivity contribution in [2.24, 2.45) is 0 Å². The zero-order valence-corrected chi connectivity index (χ0v) is 8.57. The van der Waals surface area contributed by atoms with Crippen LogP contribution in [0.15, 0.2) is 9.59 Å². The summed E-state index contributed by atoms with van der Waals surface area (Å²) in [5.74, 6) is 0. The highest BCUT2D eigenvalue weighted by Gasteiger charge is 2.28.